The summed E-state index contributed by atoms with van der Waals surface area (Å²) in [7, 11) is 0. The van der Waals surface area contributed by atoms with E-state index in [-0.39, 0.29) is 11.9 Å². The lowest BCUT2D eigenvalue weighted by Gasteiger charge is -2.27. The van der Waals surface area contributed by atoms with Crippen molar-refractivity contribution in [3.8, 4) is 11.1 Å². The van der Waals surface area contributed by atoms with E-state index in [1.165, 1.54) is 0 Å². The lowest BCUT2D eigenvalue weighted by molar-refractivity contribution is 0.102. The number of hydrogen-bond acceptors (Lipinski definition) is 7. The molecule has 0 unspecified atom stereocenters. The Morgan fingerprint density at radius 3 is 2.67 bits per heavy atom. The predicted octanol–water partition coefficient (Wildman–Crippen LogP) is 3.67. The van der Waals surface area contributed by atoms with Crippen LogP contribution in [0.2, 0.25) is 0 Å². The Balaban J connectivity index is 1.36. The largest absolute Gasteiger partial charge is 0.378 e. The van der Waals surface area contributed by atoms with Crippen LogP contribution in [0.5, 0.6) is 0 Å². The number of anilines is 3. The number of hydrogen-bond donors (Lipinski definition) is 2. The summed E-state index contributed by atoms with van der Waals surface area (Å²) in [5.41, 5.74) is 10.7. The molecule has 0 aliphatic carbocycles. The van der Waals surface area contributed by atoms with Gasteiger partial charge in [-0.05, 0) is 60.0 Å². The van der Waals surface area contributed by atoms with E-state index < -0.39 is 0 Å². The van der Waals surface area contributed by atoms with Crippen molar-refractivity contribution in [1.29, 1.82) is 0 Å². The summed E-state index contributed by atoms with van der Waals surface area (Å²) in [4.78, 5) is 27.9. The summed E-state index contributed by atoms with van der Waals surface area (Å²) in [6, 6.07) is 15.4. The molecular weight excluding hydrogens is 416 g/mol. The number of carbonyl (C=O) groups is 1. The maximum absolute atomic E-state index is 12.9. The van der Waals surface area contributed by atoms with E-state index in [0.29, 0.717) is 24.5 Å². The number of ether oxygens (including phenoxy) is 1. The number of fused-ring (bicyclic) bond motifs is 1. The number of aromatic nitrogens is 3. The molecule has 4 aromatic rings. The zero-order valence-electron chi connectivity index (χ0n) is 18.3. The van der Waals surface area contributed by atoms with Crippen molar-refractivity contribution in [3.63, 3.8) is 0 Å². The Morgan fingerprint density at radius 1 is 1.03 bits per heavy atom. The summed E-state index contributed by atoms with van der Waals surface area (Å²) >= 11 is 0. The minimum Gasteiger partial charge on any atom is -0.378 e. The van der Waals surface area contributed by atoms with Crippen LogP contribution in [0.3, 0.4) is 0 Å². The number of nitrogens with one attached hydrogen (secondary N) is 1. The van der Waals surface area contributed by atoms with Crippen LogP contribution in [0.4, 0.5) is 17.5 Å². The Morgan fingerprint density at radius 2 is 1.88 bits per heavy atom. The minimum atomic E-state index is -0.186. The zero-order valence-corrected chi connectivity index (χ0v) is 18.3. The summed E-state index contributed by atoms with van der Waals surface area (Å²) in [5.74, 6) is 0.947. The second kappa shape index (κ2) is 8.84. The molecule has 0 radical (unpaired) electrons. The molecule has 3 N–H and O–H groups in total. The average Bonchev–Trinajstić information content (AvgIpc) is 2.85. The van der Waals surface area contributed by atoms with Gasteiger partial charge in [0.1, 0.15) is 5.82 Å². The summed E-state index contributed by atoms with van der Waals surface area (Å²) in [6.07, 6.45) is 3.40. The molecule has 0 atom stereocenters. The SMILES string of the molecule is Cc1ccc(C(=O)Nc2ccc(N3CCOCC3)nc2)cc1-c1ccc2nc(N)ncc2c1. The number of morpholine rings is 1. The van der Waals surface area contributed by atoms with Crippen LogP contribution in [-0.4, -0.2) is 47.2 Å². The number of nitrogens with zero attached hydrogens (tertiary/aromatic N) is 4. The van der Waals surface area contributed by atoms with E-state index in [1.54, 1.807) is 12.4 Å². The zero-order chi connectivity index (χ0) is 22.8. The molecule has 2 aromatic carbocycles. The molecule has 33 heavy (non-hydrogen) atoms. The van der Waals surface area contributed by atoms with Gasteiger partial charge in [-0.15, -0.1) is 0 Å². The third-order valence-corrected chi connectivity index (χ3v) is 5.75. The first-order valence-electron chi connectivity index (χ1n) is 10.8. The summed E-state index contributed by atoms with van der Waals surface area (Å²) in [6.45, 7) is 5.07. The third kappa shape index (κ3) is 4.47. The van der Waals surface area contributed by atoms with E-state index in [2.05, 4.69) is 25.2 Å². The summed E-state index contributed by atoms with van der Waals surface area (Å²) in [5, 5.41) is 3.83. The first-order valence-corrected chi connectivity index (χ1v) is 10.8. The highest BCUT2D eigenvalue weighted by atomic mass is 16.5. The fraction of sp³-hybridized carbons (Fsp3) is 0.200. The van der Waals surface area contributed by atoms with E-state index in [9.17, 15) is 4.79 Å². The molecule has 8 nitrogen and oxygen atoms in total. The first kappa shape index (κ1) is 20.8. The maximum atomic E-state index is 12.9. The molecule has 2 aromatic heterocycles. The van der Waals surface area contributed by atoms with Gasteiger partial charge in [0.05, 0.1) is 30.6 Å². The van der Waals surface area contributed by atoms with Crippen molar-refractivity contribution in [3.05, 3.63) is 72.1 Å². The molecule has 8 heteroatoms. The van der Waals surface area contributed by atoms with Crippen molar-refractivity contribution in [2.75, 3.05) is 42.3 Å². The smallest absolute Gasteiger partial charge is 0.255 e. The van der Waals surface area contributed by atoms with Gasteiger partial charge in [-0.3, -0.25) is 4.79 Å². The quantitative estimate of drug-likeness (QED) is 0.499. The molecule has 5 rings (SSSR count). The fourth-order valence-corrected chi connectivity index (χ4v) is 3.93. The standard InChI is InChI=1S/C25H24N6O2/c1-16-2-3-18(13-21(16)17-4-6-22-19(12-17)14-28-25(26)30-22)24(32)29-20-5-7-23(27-15-20)31-8-10-33-11-9-31/h2-7,12-15H,8-11H2,1H3,(H,29,32)(H2,26,28,30). The highest BCUT2D eigenvalue weighted by molar-refractivity contribution is 6.05. The molecule has 3 heterocycles. The van der Waals surface area contributed by atoms with Crippen LogP contribution >= 0.6 is 0 Å². The summed E-state index contributed by atoms with van der Waals surface area (Å²) < 4.78 is 5.38. The van der Waals surface area contributed by atoms with Crippen molar-refractivity contribution < 1.29 is 9.53 Å². The number of nitrogens with two attached hydrogens (primary N) is 1. The van der Waals surface area contributed by atoms with Gasteiger partial charge in [0.15, 0.2) is 0 Å². The van der Waals surface area contributed by atoms with Crippen LogP contribution < -0.4 is 16.0 Å². The molecule has 166 valence electrons. The molecule has 1 aliphatic heterocycles. The number of carbonyl (C=O) groups excluding carboxylic acids is 1. The molecule has 0 bridgehead atoms. The predicted molar refractivity (Wildman–Crippen MR) is 129 cm³/mol. The van der Waals surface area contributed by atoms with Gasteiger partial charge in [0, 0.05) is 30.2 Å². The number of aryl methyl sites for hydroxylation is 1. The second-order valence-corrected chi connectivity index (χ2v) is 7.99. The van der Waals surface area contributed by atoms with Crippen molar-refractivity contribution in [1.82, 2.24) is 15.0 Å². The van der Waals surface area contributed by atoms with Crippen LogP contribution in [0.1, 0.15) is 15.9 Å². The van der Waals surface area contributed by atoms with E-state index in [1.807, 2.05) is 55.5 Å². The number of benzene rings is 2. The molecule has 1 saturated heterocycles. The van der Waals surface area contributed by atoms with Gasteiger partial charge in [-0.25, -0.2) is 15.0 Å². The van der Waals surface area contributed by atoms with E-state index in [4.69, 9.17) is 10.5 Å². The third-order valence-electron chi connectivity index (χ3n) is 5.75. The first-order chi connectivity index (χ1) is 16.1. The number of rotatable bonds is 4. The number of amides is 1. The monoisotopic (exact) mass is 440 g/mol. The molecule has 0 saturated carbocycles. The molecule has 1 amide bonds. The second-order valence-electron chi connectivity index (χ2n) is 7.99. The van der Waals surface area contributed by atoms with Crippen molar-refractivity contribution >= 4 is 34.3 Å². The van der Waals surface area contributed by atoms with Gasteiger partial charge in [0.25, 0.3) is 5.91 Å². The Kier molecular flexibility index (Phi) is 5.58. The van der Waals surface area contributed by atoms with Crippen molar-refractivity contribution in [2.24, 2.45) is 0 Å². The number of pyridine rings is 1. The molecule has 1 aliphatic rings. The number of nitrogen functional groups attached to an aromatic ring is 1. The van der Waals surface area contributed by atoms with Crippen LogP contribution in [0.25, 0.3) is 22.0 Å². The van der Waals surface area contributed by atoms with Gasteiger partial charge < -0.3 is 20.7 Å². The highest BCUT2D eigenvalue weighted by Gasteiger charge is 2.14. The maximum Gasteiger partial charge on any atom is 0.255 e. The van der Waals surface area contributed by atoms with Gasteiger partial charge in [0.2, 0.25) is 5.95 Å². The highest BCUT2D eigenvalue weighted by Crippen LogP contribution is 2.28. The normalized spacial score (nSPS) is 13.8. The van der Waals surface area contributed by atoms with Gasteiger partial charge >= 0.3 is 0 Å². The van der Waals surface area contributed by atoms with E-state index >= 15 is 0 Å². The molecular formula is C25H24N6O2. The van der Waals surface area contributed by atoms with Gasteiger partial charge in [-0.1, -0.05) is 12.1 Å². The van der Waals surface area contributed by atoms with E-state index in [0.717, 1.165) is 46.5 Å². The Hall–Kier alpha value is -4.04. The molecule has 1 fully saturated rings. The minimum absolute atomic E-state index is 0.186. The average molecular weight is 441 g/mol. The lowest BCUT2D eigenvalue weighted by atomic mass is 9.97. The van der Waals surface area contributed by atoms with Gasteiger partial charge in [-0.2, -0.15) is 0 Å². The van der Waals surface area contributed by atoms with Crippen LogP contribution in [0.15, 0.2) is 60.9 Å². The topological polar surface area (TPSA) is 106 Å². The Labute approximate surface area is 191 Å². The van der Waals surface area contributed by atoms with Crippen molar-refractivity contribution in [2.45, 2.75) is 6.92 Å². The fourth-order valence-electron chi connectivity index (χ4n) is 3.93. The Bertz CT molecular complexity index is 1320. The lowest BCUT2D eigenvalue weighted by Crippen LogP contribution is -2.36. The van der Waals surface area contributed by atoms with Crippen LogP contribution in [0, 0.1) is 6.92 Å². The van der Waals surface area contributed by atoms with Crippen LogP contribution in [-0.2, 0) is 4.74 Å². The molecule has 0 spiro atoms.